The number of aliphatic imine (C=N–C) groups is 1. The summed E-state index contributed by atoms with van der Waals surface area (Å²) in [4.78, 5) is 19.8. The first-order chi connectivity index (χ1) is 10.9. The van der Waals surface area contributed by atoms with E-state index in [9.17, 15) is 4.79 Å². The summed E-state index contributed by atoms with van der Waals surface area (Å²) in [6.07, 6.45) is 8.03. The van der Waals surface area contributed by atoms with Crippen LogP contribution in [0, 0.1) is 0 Å². The fourth-order valence-electron chi connectivity index (χ4n) is 3.49. The minimum absolute atomic E-state index is 0.692. The molecule has 1 N–H and O–H groups in total. The Balaban J connectivity index is 2.01. The number of aromatic nitrogens is 1. The number of hydrogen-bond acceptors (Lipinski definition) is 2. The van der Waals surface area contributed by atoms with Gasteiger partial charge in [-0.3, -0.25) is 9.79 Å². The summed E-state index contributed by atoms with van der Waals surface area (Å²) in [5, 5.41) is 2.17. The van der Waals surface area contributed by atoms with Gasteiger partial charge in [-0.2, -0.15) is 0 Å². The molecule has 5 rings (SSSR count). The minimum Gasteiger partial charge on any atom is -0.354 e. The lowest BCUT2D eigenvalue weighted by Gasteiger charge is -2.07. The smallest absolute Gasteiger partial charge is 0.152 e. The third-order valence-corrected chi connectivity index (χ3v) is 4.47. The summed E-state index contributed by atoms with van der Waals surface area (Å²) >= 11 is 0. The van der Waals surface area contributed by atoms with E-state index in [0.29, 0.717) is 5.56 Å². The molecule has 104 valence electrons. The second kappa shape index (κ2) is 4.04. The van der Waals surface area contributed by atoms with Crippen LogP contribution in [0.1, 0.15) is 22.3 Å². The van der Waals surface area contributed by atoms with Gasteiger partial charge in [0.15, 0.2) is 6.29 Å². The van der Waals surface area contributed by atoms with Gasteiger partial charge in [-0.05, 0) is 12.1 Å². The molecule has 0 radical (unpaired) electrons. The Bertz CT molecular complexity index is 1060. The lowest BCUT2D eigenvalue weighted by Crippen LogP contribution is -1.98. The van der Waals surface area contributed by atoms with E-state index >= 15 is 0 Å². The first kappa shape index (κ1) is 11.7. The molecule has 3 aromatic rings. The monoisotopic (exact) mass is 284 g/mol. The van der Waals surface area contributed by atoms with E-state index < -0.39 is 0 Å². The number of hydrogen-bond donors (Lipinski definition) is 1. The first-order valence-corrected chi connectivity index (χ1v) is 7.34. The Morgan fingerprint density at radius 2 is 2.14 bits per heavy atom. The molecule has 1 aromatic heterocycles. The summed E-state index contributed by atoms with van der Waals surface area (Å²) < 4.78 is 0. The van der Waals surface area contributed by atoms with Gasteiger partial charge in [0.1, 0.15) is 0 Å². The minimum atomic E-state index is 0.692. The van der Waals surface area contributed by atoms with Gasteiger partial charge in [0.05, 0.1) is 16.9 Å². The number of carbonyl (C=O) groups excluding carboxylic acids is 1. The molecular weight excluding hydrogens is 272 g/mol. The van der Waals surface area contributed by atoms with E-state index in [0.717, 1.165) is 57.0 Å². The fraction of sp³-hybridized carbons (Fsp3) is 0.0526. The summed E-state index contributed by atoms with van der Waals surface area (Å²) in [6, 6.07) is 10.1. The van der Waals surface area contributed by atoms with Crippen molar-refractivity contribution in [3.8, 4) is 0 Å². The van der Waals surface area contributed by atoms with Gasteiger partial charge >= 0.3 is 0 Å². The predicted octanol–water partition coefficient (Wildman–Crippen LogP) is 4.56. The van der Waals surface area contributed by atoms with E-state index in [2.05, 4.69) is 29.3 Å². The van der Waals surface area contributed by atoms with Crippen LogP contribution in [0.25, 0.3) is 27.4 Å². The lowest BCUT2D eigenvalue weighted by molar-refractivity contribution is 0.112. The van der Waals surface area contributed by atoms with Gasteiger partial charge in [0.25, 0.3) is 0 Å². The van der Waals surface area contributed by atoms with Crippen molar-refractivity contribution < 1.29 is 4.79 Å². The van der Waals surface area contributed by atoms with Crippen molar-refractivity contribution >= 4 is 45.1 Å². The molecule has 2 aromatic carbocycles. The van der Waals surface area contributed by atoms with Crippen LogP contribution in [-0.4, -0.2) is 17.0 Å². The maximum absolute atomic E-state index is 11.6. The predicted molar refractivity (Wildman–Crippen MR) is 90.0 cm³/mol. The van der Waals surface area contributed by atoms with Crippen LogP contribution in [0.3, 0.4) is 0 Å². The quantitative estimate of drug-likeness (QED) is 0.654. The van der Waals surface area contributed by atoms with Gasteiger partial charge in [-0.1, -0.05) is 36.4 Å². The molecule has 22 heavy (non-hydrogen) atoms. The summed E-state index contributed by atoms with van der Waals surface area (Å²) in [7, 11) is 0. The average Bonchev–Trinajstić information content (AvgIpc) is 3.12. The van der Waals surface area contributed by atoms with Crippen molar-refractivity contribution in [1.29, 1.82) is 0 Å². The number of fused-ring (bicyclic) bond motifs is 7. The molecule has 0 atom stereocenters. The number of aldehydes is 1. The largest absolute Gasteiger partial charge is 0.354 e. The van der Waals surface area contributed by atoms with Crippen LogP contribution >= 0.6 is 0 Å². The second-order valence-corrected chi connectivity index (χ2v) is 5.67. The highest BCUT2D eigenvalue weighted by Gasteiger charge is 2.26. The molecule has 0 unspecified atom stereocenters. The van der Waals surface area contributed by atoms with Gasteiger partial charge < -0.3 is 4.98 Å². The maximum atomic E-state index is 11.6. The van der Waals surface area contributed by atoms with Crippen LogP contribution in [0.15, 0.2) is 53.6 Å². The Morgan fingerprint density at radius 3 is 3.05 bits per heavy atom. The topological polar surface area (TPSA) is 45.2 Å². The number of H-pyrrole nitrogens is 1. The molecule has 0 fully saturated rings. The Kier molecular flexibility index (Phi) is 2.15. The highest BCUT2D eigenvalue weighted by molar-refractivity contribution is 6.34. The number of para-hydroxylation sites is 1. The maximum Gasteiger partial charge on any atom is 0.152 e. The van der Waals surface area contributed by atoms with E-state index in [1.807, 2.05) is 24.3 Å². The average molecular weight is 284 g/mol. The van der Waals surface area contributed by atoms with Crippen LogP contribution in [0.5, 0.6) is 0 Å². The molecular formula is C19H12N2O. The highest BCUT2D eigenvalue weighted by atomic mass is 16.1. The zero-order valence-electron chi connectivity index (χ0n) is 11.8. The summed E-state index contributed by atoms with van der Waals surface area (Å²) in [6.45, 7) is 0. The fourth-order valence-corrected chi connectivity index (χ4v) is 3.49. The Hall–Kier alpha value is -2.94. The molecule has 1 aliphatic heterocycles. The Labute approximate surface area is 126 Å². The van der Waals surface area contributed by atoms with Crippen molar-refractivity contribution in [2.24, 2.45) is 4.99 Å². The van der Waals surface area contributed by atoms with Crippen molar-refractivity contribution in [2.75, 3.05) is 0 Å². The third-order valence-electron chi connectivity index (χ3n) is 4.47. The molecule has 0 spiro atoms. The number of carbonyl (C=O) groups is 1. The number of nitrogens with zero attached hydrogens (tertiary/aromatic N) is 1. The van der Waals surface area contributed by atoms with Crippen LogP contribution in [0.4, 0.5) is 5.69 Å². The first-order valence-electron chi connectivity index (χ1n) is 7.34. The zero-order valence-corrected chi connectivity index (χ0v) is 11.8. The SMILES string of the molecule is O=Cc1cc2c(c3c1[nH]c1ccccc13)N=C1CC=CC=C12. The number of allylic oxidation sites excluding steroid dienone is 4. The Morgan fingerprint density at radius 1 is 1.23 bits per heavy atom. The van der Waals surface area contributed by atoms with Gasteiger partial charge in [0, 0.05) is 39.4 Å². The summed E-state index contributed by atoms with van der Waals surface area (Å²) in [5.74, 6) is 0. The molecule has 3 nitrogen and oxygen atoms in total. The van der Waals surface area contributed by atoms with Crippen molar-refractivity contribution in [3.63, 3.8) is 0 Å². The molecule has 0 saturated heterocycles. The van der Waals surface area contributed by atoms with Crippen molar-refractivity contribution in [3.05, 3.63) is 59.7 Å². The summed E-state index contributed by atoms with van der Waals surface area (Å²) in [5.41, 5.74) is 6.90. The molecule has 2 heterocycles. The molecule has 2 aliphatic rings. The zero-order chi connectivity index (χ0) is 14.7. The van der Waals surface area contributed by atoms with Gasteiger partial charge in [-0.25, -0.2) is 0 Å². The van der Waals surface area contributed by atoms with E-state index in [-0.39, 0.29) is 0 Å². The molecule has 0 amide bonds. The highest BCUT2D eigenvalue weighted by Crippen LogP contribution is 2.45. The normalized spacial score (nSPS) is 15.6. The number of benzene rings is 2. The standard InChI is InChI=1S/C19H12N2O/c22-10-11-9-14-12-5-1-3-7-15(12)21-19(14)17-13-6-2-4-8-16(13)20-18(11)17/h1-6,8-10,20H,7H2. The molecule has 0 bridgehead atoms. The van der Waals surface area contributed by atoms with Crippen molar-refractivity contribution in [2.45, 2.75) is 6.42 Å². The van der Waals surface area contributed by atoms with Crippen LogP contribution < -0.4 is 0 Å². The van der Waals surface area contributed by atoms with E-state index in [4.69, 9.17) is 4.99 Å². The third kappa shape index (κ3) is 1.35. The number of nitrogens with one attached hydrogen (secondary N) is 1. The number of aromatic amines is 1. The van der Waals surface area contributed by atoms with Crippen LogP contribution in [0.2, 0.25) is 0 Å². The van der Waals surface area contributed by atoms with E-state index in [1.165, 1.54) is 0 Å². The number of rotatable bonds is 1. The van der Waals surface area contributed by atoms with Gasteiger partial charge in [0.2, 0.25) is 0 Å². The lowest BCUT2D eigenvalue weighted by atomic mass is 9.94. The molecule has 0 saturated carbocycles. The van der Waals surface area contributed by atoms with Gasteiger partial charge in [-0.15, -0.1) is 0 Å². The second-order valence-electron chi connectivity index (χ2n) is 5.67. The molecule has 3 heteroatoms. The van der Waals surface area contributed by atoms with E-state index in [1.54, 1.807) is 0 Å². The molecule has 1 aliphatic carbocycles. The van der Waals surface area contributed by atoms with Crippen LogP contribution in [-0.2, 0) is 0 Å². The van der Waals surface area contributed by atoms with Crippen molar-refractivity contribution in [1.82, 2.24) is 4.98 Å².